The van der Waals surface area contributed by atoms with E-state index < -0.39 is 6.03 Å². The molecule has 0 aliphatic carbocycles. The fourth-order valence-electron chi connectivity index (χ4n) is 1.51. The number of carbonyl (C=O) groups excluding carboxylic acids is 2. The average molecular weight is 285 g/mol. The molecule has 0 unspecified atom stereocenters. The van der Waals surface area contributed by atoms with E-state index in [2.05, 4.69) is 16.0 Å². The zero-order chi connectivity index (χ0) is 14.3. The molecule has 5 N–H and O–H groups in total. The van der Waals surface area contributed by atoms with E-state index in [1.165, 1.54) is 0 Å². The summed E-state index contributed by atoms with van der Waals surface area (Å²) in [6.45, 7) is 3.20. The number of halogens is 1. The molecular formula is C12H17ClN4O2. The molecule has 0 atom stereocenters. The Bertz CT molecular complexity index is 465. The quantitative estimate of drug-likeness (QED) is 0.590. The Labute approximate surface area is 116 Å². The Morgan fingerprint density at radius 1 is 1.26 bits per heavy atom. The predicted molar refractivity (Wildman–Crippen MR) is 75.5 cm³/mol. The molecule has 0 bridgehead atoms. The summed E-state index contributed by atoms with van der Waals surface area (Å²) in [6, 6.07) is 4.44. The van der Waals surface area contributed by atoms with Crippen LogP contribution < -0.4 is 21.7 Å². The molecule has 0 aliphatic heterocycles. The van der Waals surface area contributed by atoms with E-state index in [1.54, 1.807) is 18.2 Å². The first-order valence-corrected chi connectivity index (χ1v) is 6.27. The van der Waals surface area contributed by atoms with Crippen LogP contribution in [-0.2, 0) is 0 Å². The summed E-state index contributed by atoms with van der Waals surface area (Å²) < 4.78 is 0. The maximum absolute atomic E-state index is 12.0. The second-order valence-corrected chi connectivity index (χ2v) is 4.20. The minimum Gasteiger partial charge on any atom is -0.385 e. The predicted octanol–water partition coefficient (Wildman–Crippen LogP) is 1.17. The monoisotopic (exact) mass is 284 g/mol. The molecule has 0 radical (unpaired) electrons. The first kappa shape index (κ1) is 15.1. The van der Waals surface area contributed by atoms with Crippen molar-refractivity contribution in [3.8, 4) is 0 Å². The van der Waals surface area contributed by atoms with Crippen molar-refractivity contribution in [3.05, 3.63) is 28.8 Å². The Balaban J connectivity index is 2.64. The van der Waals surface area contributed by atoms with Gasteiger partial charge in [0.1, 0.15) is 0 Å². The summed E-state index contributed by atoms with van der Waals surface area (Å²) in [5.74, 6) is -0.260. The highest BCUT2D eigenvalue weighted by atomic mass is 35.5. The second-order valence-electron chi connectivity index (χ2n) is 3.77. The third kappa shape index (κ3) is 5.05. The number of hydrogen-bond donors (Lipinski definition) is 4. The third-order valence-electron chi connectivity index (χ3n) is 2.30. The molecule has 6 nitrogen and oxygen atoms in total. The van der Waals surface area contributed by atoms with Gasteiger partial charge in [0, 0.05) is 30.3 Å². The van der Waals surface area contributed by atoms with Gasteiger partial charge in [-0.3, -0.25) is 4.79 Å². The summed E-state index contributed by atoms with van der Waals surface area (Å²) in [6.07, 6.45) is 0. The number of anilines is 1. The number of nitrogens with two attached hydrogens (primary N) is 1. The summed E-state index contributed by atoms with van der Waals surface area (Å²) in [5.41, 5.74) is 6.09. The largest absolute Gasteiger partial charge is 0.385 e. The van der Waals surface area contributed by atoms with E-state index >= 15 is 0 Å². The van der Waals surface area contributed by atoms with Crippen molar-refractivity contribution < 1.29 is 9.59 Å². The number of primary amides is 1. The normalized spacial score (nSPS) is 9.79. The van der Waals surface area contributed by atoms with Gasteiger partial charge in [-0.2, -0.15) is 0 Å². The lowest BCUT2D eigenvalue weighted by atomic mass is 10.1. The zero-order valence-electron chi connectivity index (χ0n) is 10.6. The van der Waals surface area contributed by atoms with Crippen molar-refractivity contribution in [3.63, 3.8) is 0 Å². The maximum atomic E-state index is 12.0. The van der Waals surface area contributed by atoms with Crippen LogP contribution in [0.25, 0.3) is 0 Å². The van der Waals surface area contributed by atoms with Crippen LogP contribution in [0.2, 0.25) is 5.02 Å². The van der Waals surface area contributed by atoms with Crippen LogP contribution in [-0.4, -0.2) is 31.6 Å². The number of rotatable bonds is 6. The molecule has 1 aromatic rings. The smallest absolute Gasteiger partial charge is 0.312 e. The van der Waals surface area contributed by atoms with Crippen LogP contribution in [0.1, 0.15) is 17.3 Å². The molecule has 0 aliphatic rings. The van der Waals surface area contributed by atoms with Crippen molar-refractivity contribution in [2.24, 2.45) is 5.73 Å². The van der Waals surface area contributed by atoms with Crippen LogP contribution >= 0.6 is 11.6 Å². The molecule has 104 valence electrons. The van der Waals surface area contributed by atoms with E-state index in [-0.39, 0.29) is 12.5 Å². The van der Waals surface area contributed by atoms with Gasteiger partial charge < -0.3 is 21.7 Å². The summed E-state index contributed by atoms with van der Waals surface area (Å²) in [7, 11) is 0. The van der Waals surface area contributed by atoms with E-state index in [1.807, 2.05) is 6.92 Å². The standard InChI is InChI=1S/C12H17ClN4O2/c1-2-15-10-4-3-8(13)7-9(10)11(18)16-5-6-17-12(14)19/h3-4,7,15H,2,5-6H2,1H3,(H,16,18)(H3,14,17,19). The minimum absolute atomic E-state index is 0.260. The van der Waals surface area contributed by atoms with Gasteiger partial charge in [0.05, 0.1) is 5.56 Å². The van der Waals surface area contributed by atoms with Gasteiger partial charge in [0.2, 0.25) is 0 Å². The highest BCUT2D eigenvalue weighted by Gasteiger charge is 2.11. The first-order valence-electron chi connectivity index (χ1n) is 5.89. The number of benzene rings is 1. The molecular weight excluding hydrogens is 268 g/mol. The van der Waals surface area contributed by atoms with Crippen molar-refractivity contribution in [2.75, 3.05) is 25.0 Å². The molecule has 3 amide bonds. The summed E-state index contributed by atoms with van der Waals surface area (Å²) in [4.78, 5) is 22.5. The molecule has 0 saturated heterocycles. The number of amides is 3. The number of carbonyl (C=O) groups is 2. The number of hydrogen-bond acceptors (Lipinski definition) is 3. The number of urea groups is 1. The molecule has 0 spiro atoms. The lowest BCUT2D eigenvalue weighted by Gasteiger charge is -2.11. The van der Waals surface area contributed by atoms with Gasteiger partial charge in [-0.15, -0.1) is 0 Å². The highest BCUT2D eigenvalue weighted by molar-refractivity contribution is 6.31. The van der Waals surface area contributed by atoms with Gasteiger partial charge in [-0.25, -0.2) is 4.79 Å². The van der Waals surface area contributed by atoms with Gasteiger partial charge >= 0.3 is 6.03 Å². The van der Waals surface area contributed by atoms with Crippen LogP contribution in [0.15, 0.2) is 18.2 Å². The fraction of sp³-hybridized carbons (Fsp3) is 0.333. The van der Waals surface area contributed by atoms with E-state index in [0.29, 0.717) is 29.4 Å². The molecule has 1 rings (SSSR count). The van der Waals surface area contributed by atoms with Crippen LogP contribution in [0.4, 0.5) is 10.5 Å². The SMILES string of the molecule is CCNc1ccc(Cl)cc1C(=O)NCCNC(N)=O. The van der Waals surface area contributed by atoms with E-state index in [4.69, 9.17) is 17.3 Å². The Hall–Kier alpha value is -1.95. The molecule has 19 heavy (non-hydrogen) atoms. The van der Waals surface area contributed by atoms with Gasteiger partial charge in [-0.1, -0.05) is 11.6 Å². The molecule has 0 fully saturated rings. The minimum atomic E-state index is -0.620. The van der Waals surface area contributed by atoms with E-state index in [0.717, 1.165) is 0 Å². The van der Waals surface area contributed by atoms with Crippen molar-refractivity contribution in [1.82, 2.24) is 10.6 Å². The van der Waals surface area contributed by atoms with E-state index in [9.17, 15) is 9.59 Å². The highest BCUT2D eigenvalue weighted by Crippen LogP contribution is 2.20. The van der Waals surface area contributed by atoms with Gasteiger partial charge in [0.25, 0.3) is 5.91 Å². The Morgan fingerprint density at radius 3 is 2.58 bits per heavy atom. The van der Waals surface area contributed by atoms with Gasteiger partial charge in [0.15, 0.2) is 0 Å². The van der Waals surface area contributed by atoms with Crippen molar-refractivity contribution >= 4 is 29.2 Å². The van der Waals surface area contributed by atoms with Crippen LogP contribution in [0.5, 0.6) is 0 Å². The summed E-state index contributed by atoms with van der Waals surface area (Å²) in [5, 5.41) is 8.63. The van der Waals surface area contributed by atoms with Crippen molar-refractivity contribution in [1.29, 1.82) is 0 Å². The second kappa shape index (κ2) is 7.48. The summed E-state index contributed by atoms with van der Waals surface area (Å²) >= 11 is 5.88. The maximum Gasteiger partial charge on any atom is 0.312 e. The Kier molecular flexibility index (Phi) is 5.95. The molecule has 0 saturated carbocycles. The number of nitrogens with one attached hydrogen (secondary N) is 3. The third-order valence-corrected chi connectivity index (χ3v) is 2.54. The Morgan fingerprint density at radius 2 is 1.95 bits per heavy atom. The average Bonchev–Trinajstić information content (AvgIpc) is 2.36. The molecule has 0 aromatic heterocycles. The zero-order valence-corrected chi connectivity index (χ0v) is 11.4. The lowest BCUT2D eigenvalue weighted by molar-refractivity contribution is 0.0954. The van der Waals surface area contributed by atoms with Gasteiger partial charge in [-0.05, 0) is 25.1 Å². The lowest BCUT2D eigenvalue weighted by Crippen LogP contribution is -2.37. The fourth-order valence-corrected chi connectivity index (χ4v) is 1.68. The van der Waals surface area contributed by atoms with Crippen LogP contribution in [0.3, 0.4) is 0 Å². The van der Waals surface area contributed by atoms with Crippen LogP contribution in [0, 0.1) is 0 Å². The molecule has 0 heterocycles. The first-order chi connectivity index (χ1) is 9.04. The molecule has 7 heteroatoms. The van der Waals surface area contributed by atoms with Crippen molar-refractivity contribution in [2.45, 2.75) is 6.92 Å². The molecule has 1 aromatic carbocycles. The topological polar surface area (TPSA) is 96.2 Å².